The number of carbonyl (C=O) groups excluding carboxylic acids is 1. The summed E-state index contributed by atoms with van der Waals surface area (Å²) in [6.45, 7) is 5.02. The van der Waals surface area contributed by atoms with Crippen molar-refractivity contribution in [3.05, 3.63) is 34.4 Å². The van der Waals surface area contributed by atoms with E-state index in [4.69, 9.17) is 4.74 Å². The van der Waals surface area contributed by atoms with Gasteiger partial charge in [0.2, 0.25) is 0 Å². The molecule has 0 radical (unpaired) electrons. The maximum absolute atomic E-state index is 12.0. The third-order valence-corrected chi connectivity index (χ3v) is 3.66. The van der Waals surface area contributed by atoms with Crippen molar-refractivity contribution in [2.45, 2.75) is 20.3 Å². The van der Waals surface area contributed by atoms with Gasteiger partial charge in [-0.2, -0.15) is 0 Å². The van der Waals surface area contributed by atoms with Crippen molar-refractivity contribution in [1.82, 2.24) is 0 Å². The number of hydrogen-bond donors (Lipinski definition) is 0. The van der Waals surface area contributed by atoms with Gasteiger partial charge in [0.1, 0.15) is 5.69 Å². The van der Waals surface area contributed by atoms with Crippen LogP contribution in [0.1, 0.15) is 20.3 Å². The third kappa shape index (κ3) is 2.59. The first kappa shape index (κ1) is 14.3. The summed E-state index contributed by atoms with van der Waals surface area (Å²) in [7, 11) is 0. The first-order valence-electron chi connectivity index (χ1n) is 6.63. The maximum Gasteiger partial charge on any atom is 0.313 e. The Kier molecular flexibility index (Phi) is 3.92. The minimum absolute atomic E-state index is 0.0700. The molecule has 1 aromatic carbocycles. The van der Waals surface area contributed by atoms with Crippen LogP contribution in [-0.2, 0) is 9.53 Å². The van der Waals surface area contributed by atoms with Gasteiger partial charge in [-0.3, -0.25) is 14.9 Å². The summed E-state index contributed by atoms with van der Waals surface area (Å²) in [5.41, 5.74) is 0.0332. The zero-order chi connectivity index (χ0) is 14.8. The molecule has 0 aliphatic carbocycles. The SMILES string of the molecule is CCOC(=O)C1(C)CCN(c2ccccc2[N+](=O)[O-])C1. The van der Waals surface area contributed by atoms with Crippen molar-refractivity contribution in [2.75, 3.05) is 24.6 Å². The Bertz CT molecular complexity index is 532. The van der Waals surface area contributed by atoms with Gasteiger partial charge in [-0.25, -0.2) is 0 Å². The van der Waals surface area contributed by atoms with Crippen molar-refractivity contribution in [3.8, 4) is 0 Å². The lowest BCUT2D eigenvalue weighted by Crippen LogP contribution is -2.33. The van der Waals surface area contributed by atoms with Gasteiger partial charge in [-0.05, 0) is 26.3 Å². The number of para-hydroxylation sites is 2. The first-order chi connectivity index (χ1) is 9.48. The molecule has 0 N–H and O–H groups in total. The molecule has 1 aliphatic heterocycles. The standard InChI is InChI=1S/C14H18N2O4/c1-3-20-13(17)14(2)8-9-15(10-14)11-6-4-5-7-12(11)16(18)19/h4-7H,3,8-10H2,1-2H3. The molecule has 1 fully saturated rings. The van der Waals surface area contributed by atoms with Gasteiger partial charge < -0.3 is 9.64 Å². The van der Waals surface area contributed by atoms with Crippen LogP contribution in [0.4, 0.5) is 11.4 Å². The van der Waals surface area contributed by atoms with E-state index in [0.29, 0.717) is 31.8 Å². The molecule has 0 bridgehead atoms. The second-order valence-corrected chi connectivity index (χ2v) is 5.20. The largest absolute Gasteiger partial charge is 0.466 e. The molecule has 1 aliphatic rings. The Hall–Kier alpha value is -2.11. The predicted octanol–water partition coefficient (Wildman–Crippen LogP) is 2.37. The number of nitrogens with zero attached hydrogens (tertiary/aromatic N) is 2. The van der Waals surface area contributed by atoms with Crippen LogP contribution in [0.2, 0.25) is 0 Å². The number of rotatable bonds is 4. The molecule has 1 unspecified atom stereocenters. The molecule has 0 amide bonds. The van der Waals surface area contributed by atoms with Gasteiger partial charge in [0.25, 0.3) is 5.69 Å². The van der Waals surface area contributed by atoms with E-state index in [9.17, 15) is 14.9 Å². The van der Waals surface area contributed by atoms with Crippen LogP contribution >= 0.6 is 0 Å². The molecule has 1 atom stereocenters. The number of hydrogen-bond acceptors (Lipinski definition) is 5. The monoisotopic (exact) mass is 278 g/mol. The molecule has 1 aromatic rings. The van der Waals surface area contributed by atoms with Crippen LogP contribution in [0.25, 0.3) is 0 Å². The number of nitro benzene ring substituents is 1. The third-order valence-electron chi connectivity index (χ3n) is 3.66. The normalized spacial score (nSPS) is 21.8. The summed E-state index contributed by atoms with van der Waals surface area (Å²) in [5.74, 6) is -0.235. The average molecular weight is 278 g/mol. The summed E-state index contributed by atoms with van der Waals surface area (Å²) in [6.07, 6.45) is 0.637. The summed E-state index contributed by atoms with van der Waals surface area (Å²) in [6, 6.07) is 6.61. The summed E-state index contributed by atoms with van der Waals surface area (Å²) < 4.78 is 5.09. The van der Waals surface area contributed by atoms with Crippen molar-refractivity contribution in [1.29, 1.82) is 0 Å². The molecular weight excluding hydrogens is 260 g/mol. The van der Waals surface area contributed by atoms with E-state index in [-0.39, 0.29) is 11.7 Å². The van der Waals surface area contributed by atoms with Gasteiger partial charge in [0, 0.05) is 19.2 Å². The minimum Gasteiger partial charge on any atom is -0.466 e. The Morgan fingerprint density at radius 3 is 2.85 bits per heavy atom. The molecule has 1 heterocycles. The molecular formula is C14H18N2O4. The van der Waals surface area contributed by atoms with Crippen LogP contribution in [-0.4, -0.2) is 30.6 Å². The van der Waals surface area contributed by atoms with Crippen LogP contribution in [0.5, 0.6) is 0 Å². The zero-order valence-corrected chi connectivity index (χ0v) is 11.7. The smallest absolute Gasteiger partial charge is 0.313 e. The van der Waals surface area contributed by atoms with Crippen molar-refractivity contribution in [2.24, 2.45) is 5.41 Å². The van der Waals surface area contributed by atoms with Gasteiger partial charge in [0.05, 0.1) is 16.9 Å². The van der Waals surface area contributed by atoms with Crippen molar-refractivity contribution < 1.29 is 14.5 Å². The van der Waals surface area contributed by atoms with E-state index in [2.05, 4.69) is 0 Å². The summed E-state index contributed by atoms with van der Waals surface area (Å²) >= 11 is 0. The van der Waals surface area contributed by atoms with Crippen LogP contribution in [0, 0.1) is 15.5 Å². The van der Waals surface area contributed by atoms with Gasteiger partial charge in [0.15, 0.2) is 0 Å². The number of ether oxygens (including phenoxy) is 1. The van der Waals surface area contributed by atoms with Crippen LogP contribution in [0.15, 0.2) is 24.3 Å². The lowest BCUT2D eigenvalue weighted by molar-refractivity contribution is -0.384. The van der Waals surface area contributed by atoms with Crippen molar-refractivity contribution >= 4 is 17.3 Å². The molecule has 1 saturated heterocycles. The predicted molar refractivity (Wildman–Crippen MR) is 74.7 cm³/mol. The molecule has 2 rings (SSSR count). The zero-order valence-electron chi connectivity index (χ0n) is 11.7. The molecule has 0 spiro atoms. The van der Waals surface area contributed by atoms with E-state index in [1.807, 2.05) is 11.8 Å². The Balaban J connectivity index is 2.22. The Morgan fingerprint density at radius 1 is 1.50 bits per heavy atom. The average Bonchev–Trinajstić information content (AvgIpc) is 2.83. The molecule has 108 valence electrons. The van der Waals surface area contributed by atoms with E-state index < -0.39 is 10.3 Å². The number of benzene rings is 1. The number of anilines is 1. The lowest BCUT2D eigenvalue weighted by atomic mass is 9.90. The minimum atomic E-state index is -0.597. The van der Waals surface area contributed by atoms with Crippen molar-refractivity contribution in [3.63, 3.8) is 0 Å². The molecule has 6 nitrogen and oxygen atoms in total. The highest BCUT2D eigenvalue weighted by Crippen LogP contribution is 2.37. The lowest BCUT2D eigenvalue weighted by Gasteiger charge is -2.23. The molecule has 6 heteroatoms. The van der Waals surface area contributed by atoms with Gasteiger partial charge >= 0.3 is 5.97 Å². The highest BCUT2D eigenvalue weighted by atomic mass is 16.6. The topological polar surface area (TPSA) is 72.7 Å². The second kappa shape index (κ2) is 5.48. The number of esters is 1. The van der Waals surface area contributed by atoms with Gasteiger partial charge in [-0.15, -0.1) is 0 Å². The first-order valence-corrected chi connectivity index (χ1v) is 6.63. The van der Waals surface area contributed by atoms with E-state index >= 15 is 0 Å². The summed E-state index contributed by atoms with van der Waals surface area (Å²) in [5, 5.41) is 11.1. The van der Waals surface area contributed by atoms with E-state index in [1.165, 1.54) is 6.07 Å². The quantitative estimate of drug-likeness (QED) is 0.480. The van der Waals surface area contributed by atoms with Crippen LogP contribution in [0.3, 0.4) is 0 Å². The fraction of sp³-hybridized carbons (Fsp3) is 0.500. The second-order valence-electron chi connectivity index (χ2n) is 5.20. The maximum atomic E-state index is 12.0. The number of carbonyl (C=O) groups is 1. The highest BCUT2D eigenvalue weighted by Gasteiger charge is 2.42. The Morgan fingerprint density at radius 2 is 2.20 bits per heavy atom. The van der Waals surface area contributed by atoms with Crippen LogP contribution < -0.4 is 4.90 Å². The van der Waals surface area contributed by atoms with E-state index in [1.54, 1.807) is 25.1 Å². The van der Waals surface area contributed by atoms with E-state index in [0.717, 1.165) is 0 Å². The van der Waals surface area contributed by atoms with Gasteiger partial charge in [-0.1, -0.05) is 12.1 Å². The number of nitro groups is 1. The molecule has 0 aromatic heterocycles. The molecule has 0 saturated carbocycles. The molecule has 20 heavy (non-hydrogen) atoms. The highest BCUT2D eigenvalue weighted by molar-refractivity contribution is 5.79. The fourth-order valence-corrected chi connectivity index (χ4v) is 2.52. The summed E-state index contributed by atoms with van der Waals surface area (Å²) in [4.78, 5) is 24.5. The fourth-order valence-electron chi connectivity index (χ4n) is 2.52. The Labute approximate surface area is 117 Å².